The second-order valence-electron chi connectivity index (χ2n) is 8.79. The second-order valence-corrected chi connectivity index (χ2v) is 8.79. The zero-order valence-electron chi connectivity index (χ0n) is 16.4. The number of hydrogen-bond donors (Lipinski definition) is 0. The second kappa shape index (κ2) is 7.67. The van der Waals surface area contributed by atoms with Crippen LogP contribution in [0.5, 0.6) is 0 Å². The van der Waals surface area contributed by atoms with Gasteiger partial charge in [0.25, 0.3) is 0 Å². The average Bonchev–Trinajstić information content (AvgIpc) is 2.73. The molecule has 2 bridgehead atoms. The Labute approximate surface area is 167 Å². The van der Waals surface area contributed by atoms with E-state index < -0.39 is 0 Å². The van der Waals surface area contributed by atoms with Crippen molar-refractivity contribution < 1.29 is 4.79 Å². The summed E-state index contributed by atoms with van der Waals surface area (Å²) in [5.74, 6) is 1.56. The van der Waals surface area contributed by atoms with Gasteiger partial charge in [-0.05, 0) is 55.2 Å². The fourth-order valence-electron chi connectivity index (χ4n) is 5.84. The molecule has 0 saturated carbocycles. The van der Waals surface area contributed by atoms with Crippen LogP contribution in [0.4, 0.5) is 0 Å². The maximum absolute atomic E-state index is 12.9. The van der Waals surface area contributed by atoms with Crippen LogP contribution in [-0.2, 0) is 17.8 Å². The molecule has 4 heteroatoms. The molecule has 3 aliphatic heterocycles. The number of nitrogens with zero attached hydrogens (tertiary/aromatic N) is 3. The van der Waals surface area contributed by atoms with Crippen molar-refractivity contribution in [3.8, 4) is 0 Å². The van der Waals surface area contributed by atoms with E-state index in [4.69, 9.17) is 0 Å². The van der Waals surface area contributed by atoms with E-state index in [2.05, 4.69) is 57.2 Å². The molecule has 4 atom stereocenters. The number of likely N-dealkylation sites (tertiary alicyclic amines) is 1. The molecular formula is C24H29N3O. The zero-order valence-corrected chi connectivity index (χ0v) is 16.4. The van der Waals surface area contributed by atoms with Gasteiger partial charge in [-0.15, -0.1) is 0 Å². The van der Waals surface area contributed by atoms with Crippen molar-refractivity contribution in [1.82, 2.24) is 14.8 Å². The van der Waals surface area contributed by atoms with Crippen LogP contribution in [0, 0.1) is 11.8 Å². The fraction of sp³-hybridized carbons (Fsp3) is 0.500. The predicted octanol–water partition coefficient (Wildman–Crippen LogP) is 3.53. The van der Waals surface area contributed by atoms with E-state index in [0.29, 0.717) is 29.8 Å². The van der Waals surface area contributed by atoms with Gasteiger partial charge in [0, 0.05) is 44.3 Å². The molecule has 3 saturated heterocycles. The summed E-state index contributed by atoms with van der Waals surface area (Å²) in [6, 6.07) is 17.7. The number of aromatic nitrogens is 1. The Hall–Kier alpha value is -2.20. The minimum Gasteiger partial charge on any atom is -0.336 e. The third kappa shape index (κ3) is 3.46. The number of rotatable bonds is 4. The highest BCUT2D eigenvalue weighted by Crippen LogP contribution is 2.42. The standard InChI is InChI=1S/C24H29N3O/c28-24-11-6-10-22-19-14-20(16-26(15-19)17-21-9-4-5-12-25-21)23(27(22)24)13-18-7-2-1-3-8-18/h1-5,7-9,12,19-20,22-23H,6,10-11,13-17H2/t19-,20+,22+,23+/m1/s1. The van der Waals surface area contributed by atoms with Crippen LogP contribution in [0.2, 0.25) is 0 Å². The molecule has 3 fully saturated rings. The lowest BCUT2D eigenvalue weighted by atomic mass is 9.70. The van der Waals surface area contributed by atoms with Crippen molar-refractivity contribution in [2.45, 2.75) is 50.7 Å². The largest absolute Gasteiger partial charge is 0.336 e. The van der Waals surface area contributed by atoms with Gasteiger partial charge in [0.1, 0.15) is 0 Å². The third-order valence-corrected chi connectivity index (χ3v) is 6.97. The highest BCUT2D eigenvalue weighted by atomic mass is 16.2. The highest BCUT2D eigenvalue weighted by Gasteiger charge is 2.49. The summed E-state index contributed by atoms with van der Waals surface area (Å²) in [7, 11) is 0. The predicted molar refractivity (Wildman–Crippen MR) is 110 cm³/mol. The number of hydrogen-bond acceptors (Lipinski definition) is 3. The molecule has 3 aliphatic rings. The first-order valence-electron chi connectivity index (χ1n) is 10.8. The molecule has 1 amide bonds. The quantitative estimate of drug-likeness (QED) is 0.820. The molecule has 0 radical (unpaired) electrons. The van der Waals surface area contributed by atoms with E-state index in [-0.39, 0.29) is 0 Å². The number of pyridine rings is 1. The van der Waals surface area contributed by atoms with E-state index in [1.54, 1.807) is 0 Å². The molecule has 28 heavy (non-hydrogen) atoms. The van der Waals surface area contributed by atoms with Gasteiger partial charge in [-0.1, -0.05) is 36.4 Å². The average molecular weight is 376 g/mol. The Balaban J connectivity index is 1.41. The van der Waals surface area contributed by atoms with Gasteiger partial charge in [0.15, 0.2) is 0 Å². The first kappa shape index (κ1) is 17.9. The normalized spacial score (nSPS) is 30.1. The summed E-state index contributed by atoms with van der Waals surface area (Å²) in [5.41, 5.74) is 2.50. The number of benzene rings is 1. The van der Waals surface area contributed by atoms with Gasteiger partial charge in [-0.3, -0.25) is 14.7 Å². The van der Waals surface area contributed by atoms with E-state index in [1.165, 1.54) is 18.4 Å². The minimum atomic E-state index is 0.336. The van der Waals surface area contributed by atoms with E-state index in [9.17, 15) is 4.79 Å². The summed E-state index contributed by atoms with van der Waals surface area (Å²) in [6.45, 7) is 3.09. The zero-order chi connectivity index (χ0) is 18.9. The van der Waals surface area contributed by atoms with E-state index in [1.807, 2.05) is 12.3 Å². The number of fused-ring (bicyclic) bond motifs is 4. The molecule has 146 valence electrons. The van der Waals surface area contributed by atoms with Crippen LogP contribution in [0.25, 0.3) is 0 Å². The fourth-order valence-corrected chi connectivity index (χ4v) is 5.84. The van der Waals surface area contributed by atoms with Crippen LogP contribution in [0.15, 0.2) is 54.7 Å². The minimum absolute atomic E-state index is 0.336. The van der Waals surface area contributed by atoms with E-state index in [0.717, 1.165) is 44.6 Å². The summed E-state index contributed by atoms with van der Waals surface area (Å²) < 4.78 is 0. The molecule has 5 rings (SSSR count). The topological polar surface area (TPSA) is 36.4 Å². The Bertz CT molecular complexity index is 809. The maximum atomic E-state index is 12.9. The van der Waals surface area contributed by atoms with E-state index >= 15 is 0 Å². The first-order valence-corrected chi connectivity index (χ1v) is 10.8. The maximum Gasteiger partial charge on any atom is 0.223 e. The number of carbonyl (C=O) groups is 1. The molecular weight excluding hydrogens is 346 g/mol. The van der Waals surface area contributed by atoms with Crippen LogP contribution in [-0.4, -0.2) is 45.9 Å². The van der Waals surface area contributed by atoms with Gasteiger partial charge in [-0.25, -0.2) is 0 Å². The SMILES string of the molecule is O=C1CCC[C@H]2[C@@H]3C[C@@H](CN(Cc4ccccn4)C3)[C@H](Cc3ccccc3)N12. The van der Waals surface area contributed by atoms with Crippen molar-refractivity contribution in [1.29, 1.82) is 0 Å². The van der Waals surface area contributed by atoms with Gasteiger partial charge in [0.2, 0.25) is 5.91 Å². The molecule has 4 nitrogen and oxygen atoms in total. The van der Waals surface area contributed by atoms with Crippen LogP contribution < -0.4 is 0 Å². The lowest BCUT2D eigenvalue weighted by Crippen LogP contribution is -2.65. The summed E-state index contributed by atoms with van der Waals surface area (Å²) >= 11 is 0. The molecule has 4 heterocycles. The van der Waals surface area contributed by atoms with Crippen molar-refractivity contribution in [3.63, 3.8) is 0 Å². The molecule has 2 aromatic rings. The van der Waals surface area contributed by atoms with Gasteiger partial charge >= 0.3 is 0 Å². The van der Waals surface area contributed by atoms with Crippen molar-refractivity contribution in [2.75, 3.05) is 13.1 Å². The molecule has 0 N–H and O–H groups in total. The number of piperidine rings is 3. The molecule has 1 aromatic carbocycles. The highest BCUT2D eigenvalue weighted by molar-refractivity contribution is 5.78. The van der Waals surface area contributed by atoms with Gasteiger partial charge in [0.05, 0.1) is 5.69 Å². The lowest BCUT2D eigenvalue weighted by molar-refractivity contribution is -0.152. The van der Waals surface area contributed by atoms with Crippen LogP contribution in [0.3, 0.4) is 0 Å². The Morgan fingerprint density at radius 2 is 1.82 bits per heavy atom. The van der Waals surface area contributed by atoms with Crippen molar-refractivity contribution in [3.05, 3.63) is 66.0 Å². The summed E-state index contributed by atoms with van der Waals surface area (Å²) in [6.07, 6.45) is 7.10. The van der Waals surface area contributed by atoms with Gasteiger partial charge < -0.3 is 4.90 Å². The lowest BCUT2D eigenvalue weighted by Gasteiger charge is -2.56. The molecule has 0 spiro atoms. The molecule has 0 unspecified atom stereocenters. The van der Waals surface area contributed by atoms with Crippen LogP contribution >= 0.6 is 0 Å². The first-order chi connectivity index (χ1) is 13.8. The van der Waals surface area contributed by atoms with Crippen molar-refractivity contribution in [2.24, 2.45) is 11.8 Å². The van der Waals surface area contributed by atoms with Crippen molar-refractivity contribution >= 4 is 5.91 Å². The third-order valence-electron chi connectivity index (χ3n) is 6.97. The smallest absolute Gasteiger partial charge is 0.223 e. The number of amides is 1. The summed E-state index contributed by atoms with van der Waals surface area (Å²) in [5, 5.41) is 0. The Kier molecular flexibility index (Phi) is 4.89. The Morgan fingerprint density at radius 3 is 2.64 bits per heavy atom. The molecule has 1 aromatic heterocycles. The molecule has 0 aliphatic carbocycles. The Morgan fingerprint density at radius 1 is 1.00 bits per heavy atom. The summed E-state index contributed by atoms with van der Waals surface area (Å²) in [4.78, 5) is 22.4. The monoisotopic (exact) mass is 375 g/mol. The van der Waals surface area contributed by atoms with Crippen LogP contribution in [0.1, 0.15) is 36.9 Å². The number of carbonyl (C=O) groups excluding carboxylic acids is 1. The van der Waals surface area contributed by atoms with Gasteiger partial charge in [-0.2, -0.15) is 0 Å².